The Bertz CT molecular complexity index is 380. The zero-order valence-electron chi connectivity index (χ0n) is 12.4. The molecule has 0 spiro atoms. The first-order valence-electron chi connectivity index (χ1n) is 7.12. The molecule has 0 saturated carbocycles. The Morgan fingerprint density at radius 1 is 1.33 bits per heavy atom. The number of nitrogens with one attached hydrogen (secondary N) is 2. The smallest absolute Gasteiger partial charge is 0.409 e. The van der Waals surface area contributed by atoms with E-state index in [9.17, 15) is 14.4 Å². The van der Waals surface area contributed by atoms with E-state index >= 15 is 0 Å². The normalized spacial score (nSPS) is 17.0. The van der Waals surface area contributed by atoms with Gasteiger partial charge >= 0.3 is 18.1 Å². The third-order valence-corrected chi connectivity index (χ3v) is 3.35. The average molecular weight is 301 g/mol. The van der Waals surface area contributed by atoms with Crippen LogP contribution in [0.25, 0.3) is 0 Å². The molecule has 1 rings (SSSR count). The van der Waals surface area contributed by atoms with Gasteiger partial charge in [0.15, 0.2) is 0 Å². The van der Waals surface area contributed by atoms with Gasteiger partial charge in [0.1, 0.15) is 0 Å². The first kappa shape index (κ1) is 17.1. The summed E-state index contributed by atoms with van der Waals surface area (Å²) in [6, 6.07) is -0.395. The van der Waals surface area contributed by atoms with E-state index in [1.54, 1.807) is 11.8 Å². The fraction of sp³-hybridized carbons (Fsp3) is 0.769. The van der Waals surface area contributed by atoms with Crippen LogP contribution in [-0.4, -0.2) is 60.4 Å². The number of carbonyl (C=O) groups is 3. The van der Waals surface area contributed by atoms with Gasteiger partial charge in [-0.25, -0.2) is 9.59 Å². The molecule has 8 nitrogen and oxygen atoms in total. The molecule has 1 fully saturated rings. The van der Waals surface area contributed by atoms with Gasteiger partial charge in [0, 0.05) is 25.7 Å². The molecule has 1 atom stereocenters. The molecule has 3 amide bonds. The number of aliphatic carboxylic acids is 1. The van der Waals surface area contributed by atoms with Gasteiger partial charge in [-0.15, -0.1) is 0 Å². The molecule has 1 saturated heterocycles. The Balaban J connectivity index is 2.24. The van der Waals surface area contributed by atoms with Crippen molar-refractivity contribution in [2.75, 3.05) is 26.2 Å². The number of amides is 3. The molecule has 0 aromatic heterocycles. The molecule has 8 heteroatoms. The van der Waals surface area contributed by atoms with Gasteiger partial charge in [-0.3, -0.25) is 4.79 Å². The van der Waals surface area contributed by atoms with Crippen molar-refractivity contribution in [3.63, 3.8) is 0 Å². The van der Waals surface area contributed by atoms with E-state index in [0.717, 1.165) is 0 Å². The topological polar surface area (TPSA) is 108 Å². The van der Waals surface area contributed by atoms with Crippen LogP contribution >= 0.6 is 0 Å². The highest BCUT2D eigenvalue weighted by molar-refractivity contribution is 5.76. The van der Waals surface area contributed by atoms with Crippen molar-refractivity contribution in [1.82, 2.24) is 15.5 Å². The lowest BCUT2D eigenvalue weighted by atomic mass is 10.1. The van der Waals surface area contributed by atoms with E-state index in [1.807, 2.05) is 0 Å². The van der Waals surface area contributed by atoms with Gasteiger partial charge in [0.05, 0.1) is 12.5 Å². The highest BCUT2D eigenvalue weighted by Gasteiger charge is 2.24. The van der Waals surface area contributed by atoms with Crippen LogP contribution < -0.4 is 10.6 Å². The number of carbonyl (C=O) groups excluding carboxylic acids is 2. The molecule has 0 aliphatic carbocycles. The Kier molecular flexibility index (Phi) is 6.77. The SMILES string of the molecule is CCOC(=O)N1CCC(NC(=O)NCC(C)C(=O)O)CC1. The maximum atomic E-state index is 11.6. The molecule has 1 heterocycles. The molecule has 120 valence electrons. The molecular weight excluding hydrogens is 278 g/mol. The van der Waals surface area contributed by atoms with Crippen LogP contribution in [0.2, 0.25) is 0 Å². The third-order valence-electron chi connectivity index (χ3n) is 3.35. The van der Waals surface area contributed by atoms with Crippen LogP contribution in [0, 0.1) is 5.92 Å². The lowest BCUT2D eigenvalue weighted by Crippen LogP contribution is -2.49. The fourth-order valence-electron chi connectivity index (χ4n) is 1.99. The second-order valence-corrected chi connectivity index (χ2v) is 5.05. The number of urea groups is 1. The first-order valence-corrected chi connectivity index (χ1v) is 7.12. The van der Waals surface area contributed by atoms with Crippen molar-refractivity contribution < 1.29 is 24.2 Å². The molecule has 0 aromatic carbocycles. The molecular formula is C13H23N3O5. The summed E-state index contributed by atoms with van der Waals surface area (Å²) in [5, 5.41) is 14.0. The van der Waals surface area contributed by atoms with E-state index in [1.165, 1.54) is 6.92 Å². The van der Waals surface area contributed by atoms with Gasteiger partial charge < -0.3 is 25.4 Å². The highest BCUT2D eigenvalue weighted by atomic mass is 16.6. The summed E-state index contributed by atoms with van der Waals surface area (Å²) >= 11 is 0. The van der Waals surface area contributed by atoms with Crippen molar-refractivity contribution in [2.24, 2.45) is 5.92 Å². The van der Waals surface area contributed by atoms with Crippen LogP contribution in [0.15, 0.2) is 0 Å². The molecule has 1 aliphatic heterocycles. The fourth-order valence-corrected chi connectivity index (χ4v) is 1.99. The van der Waals surface area contributed by atoms with Crippen molar-refractivity contribution >= 4 is 18.1 Å². The molecule has 0 radical (unpaired) electrons. The van der Waals surface area contributed by atoms with Gasteiger partial charge in [0.25, 0.3) is 0 Å². The number of carboxylic acids is 1. The standard InChI is InChI=1S/C13H23N3O5/c1-3-21-13(20)16-6-4-10(5-7-16)15-12(19)14-8-9(2)11(17)18/h9-10H,3-8H2,1-2H3,(H,17,18)(H2,14,15,19). The Morgan fingerprint density at radius 3 is 2.48 bits per heavy atom. The highest BCUT2D eigenvalue weighted by Crippen LogP contribution is 2.11. The molecule has 0 bridgehead atoms. The number of likely N-dealkylation sites (tertiary alicyclic amines) is 1. The third kappa shape index (κ3) is 5.88. The summed E-state index contributed by atoms with van der Waals surface area (Å²) in [5.41, 5.74) is 0. The van der Waals surface area contributed by atoms with Gasteiger partial charge in [0.2, 0.25) is 0 Å². The van der Waals surface area contributed by atoms with Crippen LogP contribution in [0.1, 0.15) is 26.7 Å². The number of rotatable bonds is 5. The number of hydrogen-bond donors (Lipinski definition) is 3. The molecule has 3 N–H and O–H groups in total. The van der Waals surface area contributed by atoms with Gasteiger partial charge in [-0.2, -0.15) is 0 Å². The maximum absolute atomic E-state index is 11.6. The largest absolute Gasteiger partial charge is 0.481 e. The van der Waals surface area contributed by atoms with E-state index in [0.29, 0.717) is 32.5 Å². The lowest BCUT2D eigenvalue weighted by Gasteiger charge is -2.31. The number of piperidine rings is 1. The first-order chi connectivity index (χ1) is 9.93. The van der Waals surface area contributed by atoms with Gasteiger partial charge in [-0.1, -0.05) is 6.92 Å². The predicted molar refractivity (Wildman–Crippen MR) is 75.0 cm³/mol. The summed E-state index contributed by atoms with van der Waals surface area (Å²) in [5.74, 6) is -1.57. The van der Waals surface area contributed by atoms with Crippen LogP contribution in [0.5, 0.6) is 0 Å². The van der Waals surface area contributed by atoms with Crippen LogP contribution in [0.3, 0.4) is 0 Å². The summed E-state index contributed by atoms with van der Waals surface area (Å²) in [7, 11) is 0. The van der Waals surface area contributed by atoms with Crippen molar-refractivity contribution in [1.29, 1.82) is 0 Å². The number of nitrogens with zero attached hydrogens (tertiary/aromatic N) is 1. The summed E-state index contributed by atoms with van der Waals surface area (Å²) in [6.07, 6.45) is 0.984. The van der Waals surface area contributed by atoms with Crippen molar-refractivity contribution in [3.05, 3.63) is 0 Å². The Morgan fingerprint density at radius 2 is 1.95 bits per heavy atom. The lowest BCUT2D eigenvalue weighted by molar-refractivity contribution is -0.140. The molecule has 21 heavy (non-hydrogen) atoms. The minimum Gasteiger partial charge on any atom is -0.481 e. The van der Waals surface area contributed by atoms with E-state index in [-0.39, 0.29) is 24.7 Å². The van der Waals surface area contributed by atoms with Crippen LogP contribution in [0.4, 0.5) is 9.59 Å². The number of hydrogen-bond acceptors (Lipinski definition) is 4. The number of carboxylic acid groups (broad SMARTS) is 1. The maximum Gasteiger partial charge on any atom is 0.409 e. The zero-order valence-corrected chi connectivity index (χ0v) is 12.4. The van der Waals surface area contributed by atoms with Crippen molar-refractivity contribution in [3.8, 4) is 0 Å². The summed E-state index contributed by atoms with van der Waals surface area (Å²) in [4.78, 5) is 35.4. The monoisotopic (exact) mass is 301 g/mol. The molecule has 1 aliphatic rings. The molecule has 0 aromatic rings. The van der Waals surface area contributed by atoms with Gasteiger partial charge in [-0.05, 0) is 19.8 Å². The van der Waals surface area contributed by atoms with E-state index in [4.69, 9.17) is 9.84 Å². The second kappa shape index (κ2) is 8.33. The van der Waals surface area contributed by atoms with Crippen LogP contribution in [-0.2, 0) is 9.53 Å². The average Bonchev–Trinajstić information content (AvgIpc) is 2.45. The number of ether oxygens (including phenoxy) is 1. The predicted octanol–water partition coefficient (Wildman–Crippen LogP) is 0.627. The van der Waals surface area contributed by atoms with E-state index < -0.39 is 11.9 Å². The van der Waals surface area contributed by atoms with Crippen molar-refractivity contribution in [2.45, 2.75) is 32.7 Å². The second-order valence-electron chi connectivity index (χ2n) is 5.05. The Labute approximate surface area is 123 Å². The molecule has 1 unspecified atom stereocenters. The minimum atomic E-state index is -0.946. The zero-order chi connectivity index (χ0) is 15.8. The summed E-state index contributed by atoms with van der Waals surface area (Å²) in [6.45, 7) is 4.80. The quantitative estimate of drug-likeness (QED) is 0.690. The summed E-state index contributed by atoms with van der Waals surface area (Å²) < 4.78 is 4.92. The van der Waals surface area contributed by atoms with E-state index in [2.05, 4.69) is 10.6 Å². The minimum absolute atomic E-state index is 0.0178. The Hall–Kier alpha value is -1.99.